The van der Waals surface area contributed by atoms with E-state index in [4.69, 9.17) is 27.9 Å². The van der Waals surface area contributed by atoms with Crippen LogP contribution in [-0.2, 0) is 16.0 Å². The maximum absolute atomic E-state index is 11.4. The first kappa shape index (κ1) is 16.3. The molecule has 1 aromatic carbocycles. The largest absolute Gasteiger partial charge is 0.469 e. The van der Waals surface area contributed by atoms with Crippen LogP contribution in [0.5, 0.6) is 0 Å². The lowest BCUT2D eigenvalue weighted by atomic mass is 10.0. The molecule has 106 valence electrons. The van der Waals surface area contributed by atoms with Gasteiger partial charge in [-0.3, -0.25) is 4.79 Å². The number of nitrogens with one attached hydrogen (secondary N) is 1. The van der Waals surface area contributed by atoms with Gasteiger partial charge in [-0.1, -0.05) is 36.2 Å². The number of esters is 1. The molecule has 2 unspecified atom stereocenters. The molecule has 0 spiro atoms. The van der Waals surface area contributed by atoms with E-state index in [1.807, 2.05) is 26.0 Å². The lowest BCUT2D eigenvalue weighted by molar-refractivity contribution is -0.145. The Morgan fingerprint density at radius 1 is 1.37 bits per heavy atom. The van der Waals surface area contributed by atoms with Crippen LogP contribution in [0.1, 0.15) is 19.4 Å². The van der Waals surface area contributed by atoms with Gasteiger partial charge in [0.25, 0.3) is 0 Å². The smallest absolute Gasteiger partial charge is 0.309 e. The average Bonchev–Trinajstić information content (AvgIpc) is 2.39. The Hall–Kier alpha value is -0.770. The molecule has 0 aliphatic rings. The van der Waals surface area contributed by atoms with E-state index >= 15 is 0 Å². The fourth-order valence-electron chi connectivity index (χ4n) is 1.73. The predicted molar refractivity (Wildman–Crippen MR) is 78.8 cm³/mol. The van der Waals surface area contributed by atoms with Gasteiger partial charge in [0.2, 0.25) is 0 Å². The fourth-order valence-corrected chi connectivity index (χ4v) is 2.23. The van der Waals surface area contributed by atoms with E-state index in [1.54, 1.807) is 6.07 Å². The minimum Gasteiger partial charge on any atom is -0.469 e. The molecule has 0 saturated heterocycles. The van der Waals surface area contributed by atoms with Gasteiger partial charge in [-0.15, -0.1) is 0 Å². The molecule has 2 atom stereocenters. The van der Waals surface area contributed by atoms with Crippen LogP contribution in [-0.4, -0.2) is 25.7 Å². The quantitative estimate of drug-likeness (QED) is 0.819. The Kier molecular flexibility index (Phi) is 6.63. The minimum absolute atomic E-state index is 0.0542. The molecule has 19 heavy (non-hydrogen) atoms. The van der Waals surface area contributed by atoms with Gasteiger partial charge < -0.3 is 10.1 Å². The molecule has 1 N–H and O–H groups in total. The van der Waals surface area contributed by atoms with Crippen molar-refractivity contribution in [2.75, 3.05) is 13.7 Å². The van der Waals surface area contributed by atoms with Crippen LogP contribution < -0.4 is 5.32 Å². The van der Waals surface area contributed by atoms with Crippen LogP contribution in [0.2, 0.25) is 10.0 Å². The summed E-state index contributed by atoms with van der Waals surface area (Å²) < 4.78 is 4.72. The number of benzene rings is 1. The molecule has 0 radical (unpaired) electrons. The summed E-state index contributed by atoms with van der Waals surface area (Å²) >= 11 is 11.9. The van der Waals surface area contributed by atoms with Crippen molar-refractivity contribution in [1.82, 2.24) is 5.32 Å². The Morgan fingerprint density at radius 3 is 2.63 bits per heavy atom. The normalized spacial score (nSPS) is 13.9. The van der Waals surface area contributed by atoms with Crippen LogP contribution in [0.25, 0.3) is 0 Å². The highest BCUT2D eigenvalue weighted by Crippen LogP contribution is 2.21. The van der Waals surface area contributed by atoms with Crippen molar-refractivity contribution in [2.45, 2.75) is 26.3 Å². The van der Waals surface area contributed by atoms with Gasteiger partial charge in [0.05, 0.1) is 13.0 Å². The molecule has 0 saturated carbocycles. The highest BCUT2D eigenvalue weighted by atomic mass is 35.5. The van der Waals surface area contributed by atoms with Gasteiger partial charge in [0.15, 0.2) is 0 Å². The van der Waals surface area contributed by atoms with Gasteiger partial charge in [-0.25, -0.2) is 0 Å². The standard InChI is InChI=1S/C14H19Cl2NO2/c1-9(14(18)19-3)10(2)17-7-6-11-4-5-12(15)8-13(11)16/h4-5,8-10,17H,6-7H2,1-3H3. The summed E-state index contributed by atoms with van der Waals surface area (Å²) in [5.41, 5.74) is 1.04. The summed E-state index contributed by atoms with van der Waals surface area (Å²) in [7, 11) is 1.40. The molecule has 0 aliphatic heterocycles. The third-order valence-corrected chi connectivity index (χ3v) is 3.79. The summed E-state index contributed by atoms with van der Waals surface area (Å²) in [6.45, 7) is 4.55. The Balaban J connectivity index is 2.43. The van der Waals surface area contributed by atoms with Crippen molar-refractivity contribution < 1.29 is 9.53 Å². The van der Waals surface area contributed by atoms with E-state index in [1.165, 1.54) is 7.11 Å². The third kappa shape index (κ3) is 5.01. The molecular weight excluding hydrogens is 285 g/mol. The number of hydrogen-bond donors (Lipinski definition) is 1. The van der Waals surface area contributed by atoms with E-state index in [0.717, 1.165) is 18.5 Å². The maximum Gasteiger partial charge on any atom is 0.309 e. The van der Waals surface area contributed by atoms with Crippen LogP contribution in [0.15, 0.2) is 18.2 Å². The van der Waals surface area contributed by atoms with Crippen molar-refractivity contribution in [3.05, 3.63) is 33.8 Å². The van der Waals surface area contributed by atoms with Gasteiger partial charge >= 0.3 is 5.97 Å². The average molecular weight is 304 g/mol. The highest BCUT2D eigenvalue weighted by Gasteiger charge is 2.20. The predicted octanol–water partition coefficient (Wildman–Crippen LogP) is 3.32. The van der Waals surface area contributed by atoms with E-state index in [-0.39, 0.29) is 17.9 Å². The molecule has 0 bridgehead atoms. The monoisotopic (exact) mass is 303 g/mol. The van der Waals surface area contributed by atoms with Gasteiger partial charge in [0.1, 0.15) is 0 Å². The zero-order chi connectivity index (χ0) is 14.4. The molecule has 5 heteroatoms. The number of methoxy groups -OCH3 is 1. The number of carbonyl (C=O) groups excluding carboxylic acids is 1. The Labute approximate surface area is 124 Å². The molecule has 0 fully saturated rings. The summed E-state index contributed by atoms with van der Waals surface area (Å²) in [5.74, 6) is -0.379. The van der Waals surface area contributed by atoms with Gasteiger partial charge in [0, 0.05) is 16.1 Å². The molecular formula is C14H19Cl2NO2. The van der Waals surface area contributed by atoms with Crippen LogP contribution in [0.3, 0.4) is 0 Å². The summed E-state index contributed by atoms with van der Waals surface area (Å²) in [4.78, 5) is 11.4. The second-order valence-corrected chi connectivity index (χ2v) is 5.38. The first-order chi connectivity index (χ1) is 8.95. The number of halogens is 2. The van der Waals surface area contributed by atoms with Crippen molar-refractivity contribution >= 4 is 29.2 Å². The zero-order valence-electron chi connectivity index (χ0n) is 11.4. The third-order valence-electron chi connectivity index (χ3n) is 3.20. The fraction of sp³-hybridized carbons (Fsp3) is 0.500. The molecule has 1 rings (SSSR count). The zero-order valence-corrected chi connectivity index (χ0v) is 12.9. The topological polar surface area (TPSA) is 38.3 Å². The molecule has 0 amide bonds. The number of rotatable bonds is 6. The number of hydrogen-bond acceptors (Lipinski definition) is 3. The summed E-state index contributed by atoms with van der Waals surface area (Å²) in [6, 6.07) is 5.53. The van der Waals surface area contributed by atoms with Crippen molar-refractivity contribution in [3.63, 3.8) is 0 Å². The molecule has 3 nitrogen and oxygen atoms in total. The highest BCUT2D eigenvalue weighted by molar-refractivity contribution is 6.35. The Morgan fingerprint density at radius 2 is 2.05 bits per heavy atom. The van der Waals surface area contributed by atoms with Crippen molar-refractivity contribution in [3.8, 4) is 0 Å². The van der Waals surface area contributed by atoms with E-state index < -0.39 is 0 Å². The van der Waals surface area contributed by atoms with Crippen LogP contribution in [0, 0.1) is 5.92 Å². The van der Waals surface area contributed by atoms with E-state index in [2.05, 4.69) is 5.32 Å². The Bertz CT molecular complexity index is 437. The lowest BCUT2D eigenvalue weighted by Crippen LogP contribution is -2.37. The molecule has 0 aromatic heterocycles. The van der Waals surface area contributed by atoms with E-state index in [9.17, 15) is 4.79 Å². The van der Waals surface area contributed by atoms with Crippen LogP contribution in [0.4, 0.5) is 0 Å². The first-order valence-electron chi connectivity index (χ1n) is 6.20. The van der Waals surface area contributed by atoms with Gasteiger partial charge in [-0.05, 0) is 37.6 Å². The van der Waals surface area contributed by atoms with Gasteiger partial charge in [-0.2, -0.15) is 0 Å². The van der Waals surface area contributed by atoms with Crippen LogP contribution >= 0.6 is 23.2 Å². The number of carbonyl (C=O) groups is 1. The minimum atomic E-state index is -0.204. The van der Waals surface area contributed by atoms with Crippen molar-refractivity contribution in [2.24, 2.45) is 5.92 Å². The summed E-state index contributed by atoms with van der Waals surface area (Å²) in [5, 5.41) is 4.60. The summed E-state index contributed by atoms with van der Waals surface area (Å²) in [6.07, 6.45) is 0.786. The maximum atomic E-state index is 11.4. The lowest BCUT2D eigenvalue weighted by Gasteiger charge is -2.19. The molecule has 1 aromatic rings. The second-order valence-electron chi connectivity index (χ2n) is 4.54. The van der Waals surface area contributed by atoms with Crippen molar-refractivity contribution in [1.29, 1.82) is 0 Å². The number of ether oxygens (including phenoxy) is 1. The molecule has 0 heterocycles. The van der Waals surface area contributed by atoms with E-state index in [0.29, 0.717) is 10.0 Å². The SMILES string of the molecule is COC(=O)C(C)C(C)NCCc1ccc(Cl)cc1Cl. The first-order valence-corrected chi connectivity index (χ1v) is 6.96. The molecule has 0 aliphatic carbocycles. The second kappa shape index (κ2) is 7.73.